The molecule has 5 heterocycles. The quantitative estimate of drug-likeness (QED) is 0.167. The monoisotopic (exact) mass is 711 g/mol. The number of hydrogen-bond acceptors (Lipinski definition) is 4. The lowest BCUT2D eigenvalue weighted by molar-refractivity contribution is 0.484. The fraction of sp³-hybridized carbons (Fsp3) is 0.122. The number of imidazole rings is 2. The van der Waals surface area contributed by atoms with Crippen molar-refractivity contribution in [2.75, 3.05) is 0 Å². The molecule has 0 saturated heterocycles. The predicted molar refractivity (Wildman–Crippen MR) is 227 cm³/mol. The minimum Gasteiger partial charge on any atom is -0.457 e. The zero-order valence-corrected chi connectivity index (χ0v) is 31.1. The van der Waals surface area contributed by atoms with Crippen molar-refractivity contribution in [1.82, 2.24) is 23.8 Å². The average Bonchev–Trinajstić information content (AvgIpc) is 3.81. The number of aromatic nitrogens is 5. The molecule has 6 aromatic carbocycles. The van der Waals surface area contributed by atoms with Gasteiger partial charge in [0.1, 0.15) is 28.4 Å². The molecule has 0 amide bonds. The summed E-state index contributed by atoms with van der Waals surface area (Å²) in [6.45, 7) is 9.15. The molecule has 11 rings (SSSR count). The minimum atomic E-state index is 0.398. The number of ether oxygens (including phenoxy) is 1. The second-order valence-electron chi connectivity index (χ2n) is 15.3. The van der Waals surface area contributed by atoms with Gasteiger partial charge in [-0.05, 0) is 130 Å². The summed E-state index contributed by atoms with van der Waals surface area (Å²) in [6.07, 6.45) is 1.84. The van der Waals surface area contributed by atoms with Crippen molar-refractivity contribution >= 4 is 76.8 Å². The Morgan fingerprint density at radius 1 is 0.455 bits per heavy atom. The van der Waals surface area contributed by atoms with Crippen LogP contribution < -0.4 is 4.74 Å². The average molecular weight is 712 g/mol. The summed E-state index contributed by atoms with van der Waals surface area (Å²) in [5, 5.41) is 6.54. The van der Waals surface area contributed by atoms with Gasteiger partial charge in [-0.25, -0.2) is 15.0 Å². The van der Waals surface area contributed by atoms with Gasteiger partial charge in [-0.1, -0.05) is 76.2 Å². The molecule has 0 N–H and O–H groups in total. The third kappa shape index (κ3) is 4.70. The summed E-state index contributed by atoms with van der Waals surface area (Å²) in [7, 11) is 0. The van der Waals surface area contributed by atoms with Gasteiger partial charge in [-0.15, -0.1) is 0 Å². The van der Waals surface area contributed by atoms with E-state index in [1.165, 1.54) is 27.6 Å². The van der Waals surface area contributed by atoms with Crippen LogP contribution in [0, 0.1) is 0 Å². The highest BCUT2D eigenvalue weighted by Crippen LogP contribution is 2.41. The van der Waals surface area contributed by atoms with Crippen LogP contribution in [0.1, 0.15) is 50.7 Å². The fourth-order valence-corrected chi connectivity index (χ4v) is 8.79. The Hall–Kier alpha value is -6.79. The molecular weight excluding hydrogens is 675 g/mol. The maximum absolute atomic E-state index is 6.75. The van der Waals surface area contributed by atoms with Crippen LogP contribution in [-0.4, -0.2) is 23.8 Å². The van der Waals surface area contributed by atoms with E-state index in [9.17, 15) is 0 Å². The smallest absolute Gasteiger partial charge is 0.147 e. The van der Waals surface area contributed by atoms with Gasteiger partial charge in [0, 0.05) is 27.7 Å². The molecule has 0 aliphatic carbocycles. The molecule has 264 valence electrons. The van der Waals surface area contributed by atoms with Crippen LogP contribution in [0.4, 0.5) is 0 Å². The SMILES string of the molecule is CC(C)c1cccc(C(C)C)c1-c1ccc2c(c1)c1ccc(Oc3ccc4c5cccnc5n5c6ccccc6nc5c4c3)cc1c1nc3ccccc3n21. The predicted octanol–water partition coefficient (Wildman–Crippen LogP) is 13.0. The maximum Gasteiger partial charge on any atom is 0.147 e. The molecule has 55 heavy (non-hydrogen) atoms. The van der Waals surface area contributed by atoms with E-state index in [-0.39, 0.29) is 0 Å². The molecule has 0 bridgehead atoms. The van der Waals surface area contributed by atoms with Crippen molar-refractivity contribution in [1.29, 1.82) is 0 Å². The Morgan fingerprint density at radius 3 is 1.71 bits per heavy atom. The lowest BCUT2D eigenvalue weighted by Gasteiger charge is -2.21. The zero-order chi connectivity index (χ0) is 36.9. The van der Waals surface area contributed by atoms with Crippen LogP contribution in [0.3, 0.4) is 0 Å². The molecule has 0 radical (unpaired) electrons. The number of pyridine rings is 3. The molecular formula is C49H37N5O. The van der Waals surface area contributed by atoms with Crippen LogP contribution in [0.5, 0.6) is 11.5 Å². The second-order valence-corrected chi connectivity index (χ2v) is 15.3. The number of para-hydroxylation sites is 4. The van der Waals surface area contributed by atoms with E-state index in [4.69, 9.17) is 19.7 Å². The van der Waals surface area contributed by atoms with Crippen molar-refractivity contribution in [2.24, 2.45) is 0 Å². The Balaban J connectivity index is 1.12. The topological polar surface area (TPSA) is 56.7 Å². The van der Waals surface area contributed by atoms with E-state index in [1.54, 1.807) is 0 Å². The van der Waals surface area contributed by atoms with Crippen molar-refractivity contribution in [3.8, 4) is 22.6 Å². The van der Waals surface area contributed by atoms with Crippen LogP contribution in [0.15, 0.2) is 140 Å². The molecule has 0 atom stereocenters. The van der Waals surface area contributed by atoms with Crippen molar-refractivity contribution in [3.05, 3.63) is 151 Å². The van der Waals surface area contributed by atoms with Crippen molar-refractivity contribution < 1.29 is 4.74 Å². The van der Waals surface area contributed by atoms with E-state index in [2.05, 4.69) is 146 Å². The Kier molecular flexibility index (Phi) is 6.84. The highest BCUT2D eigenvalue weighted by molar-refractivity contribution is 6.15. The first-order valence-corrected chi connectivity index (χ1v) is 19.1. The van der Waals surface area contributed by atoms with Crippen LogP contribution in [0.2, 0.25) is 0 Å². The van der Waals surface area contributed by atoms with E-state index < -0.39 is 0 Å². The highest BCUT2D eigenvalue weighted by atomic mass is 16.5. The molecule has 6 heteroatoms. The summed E-state index contributed by atoms with van der Waals surface area (Å²) in [5.41, 5.74) is 13.1. The van der Waals surface area contributed by atoms with Gasteiger partial charge in [0.05, 0.1) is 27.6 Å². The number of hydrogen-bond donors (Lipinski definition) is 0. The molecule has 0 aliphatic rings. The van der Waals surface area contributed by atoms with Gasteiger partial charge >= 0.3 is 0 Å². The van der Waals surface area contributed by atoms with E-state index in [0.717, 1.165) is 83.0 Å². The van der Waals surface area contributed by atoms with Gasteiger partial charge in [0.2, 0.25) is 0 Å². The first kappa shape index (κ1) is 31.7. The fourth-order valence-electron chi connectivity index (χ4n) is 8.79. The number of nitrogens with zero attached hydrogens (tertiary/aromatic N) is 5. The summed E-state index contributed by atoms with van der Waals surface area (Å²) in [4.78, 5) is 15.1. The summed E-state index contributed by atoms with van der Waals surface area (Å²) in [5.74, 6) is 2.28. The van der Waals surface area contributed by atoms with Gasteiger partial charge in [0.25, 0.3) is 0 Å². The summed E-state index contributed by atoms with van der Waals surface area (Å²) in [6, 6.07) is 47.2. The van der Waals surface area contributed by atoms with Gasteiger partial charge in [-0.2, -0.15) is 0 Å². The first-order valence-electron chi connectivity index (χ1n) is 19.1. The second kappa shape index (κ2) is 11.9. The van der Waals surface area contributed by atoms with E-state index in [0.29, 0.717) is 11.8 Å². The van der Waals surface area contributed by atoms with E-state index in [1.807, 2.05) is 30.5 Å². The maximum atomic E-state index is 6.75. The molecule has 0 aliphatic heterocycles. The Labute approximate surface area is 317 Å². The minimum absolute atomic E-state index is 0.398. The molecule has 0 saturated carbocycles. The number of rotatable bonds is 5. The molecule has 0 unspecified atom stereocenters. The molecule has 11 aromatic rings. The first-order chi connectivity index (χ1) is 26.9. The Morgan fingerprint density at radius 2 is 1.05 bits per heavy atom. The molecule has 0 spiro atoms. The van der Waals surface area contributed by atoms with Gasteiger partial charge in [0.15, 0.2) is 0 Å². The molecule has 0 fully saturated rings. The molecule has 6 nitrogen and oxygen atoms in total. The zero-order valence-electron chi connectivity index (χ0n) is 31.1. The third-order valence-electron chi connectivity index (χ3n) is 11.3. The normalized spacial score (nSPS) is 12.3. The van der Waals surface area contributed by atoms with Crippen LogP contribution >= 0.6 is 0 Å². The van der Waals surface area contributed by atoms with Crippen LogP contribution in [0.25, 0.3) is 88.0 Å². The number of fused-ring (bicyclic) bond motifs is 16. The standard InChI is InChI=1S/C49H37N5O/c1-28(2)33-11-9-12-34(29(3)4)46(33)30-18-23-43-38(25-30)36-22-20-32(27-40(36)48-51-41-14-5-7-16-44(41)53(43)48)55-31-19-21-35-37-13-10-24-50-47(37)54-45-17-8-6-15-42(45)52-49(54)39(35)26-31/h5-29H,1-4H3. The lowest BCUT2D eigenvalue weighted by atomic mass is 9.84. The lowest BCUT2D eigenvalue weighted by Crippen LogP contribution is -2.00. The van der Waals surface area contributed by atoms with Crippen molar-refractivity contribution in [3.63, 3.8) is 0 Å². The van der Waals surface area contributed by atoms with Gasteiger partial charge < -0.3 is 4.74 Å². The number of benzene rings is 6. The Bertz CT molecular complexity index is 3340. The largest absolute Gasteiger partial charge is 0.457 e. The summed E-state index contributed by atoms with van der Waals surface area (Å²) >= 11 is 0. The van der Waals surface area contributed by atoms with Gasteiger partial charge in [-0.3, -0.25) is 8.80 Å². The molecule has 5 aromatic heterocycles. The summed E-state index contributed by atoms with van der Waals surface area (Å²) < 4.78 is 11.2. The van der Waals surface area contributed by atoms with Crippen molar-refractivity contribution in [2.45, 2.75) is 39.5 Å². The van der Waals surface area contributed by atoms with E-state index >= 15 is 0 Å². The van der Waals surface area contributed by atoms with Crippen LogP contribution in [-0.2, 0) is 0 Å². The highest BCUT2D eigenvalue weighted by Gasteiger charge is 2.20. The third-order valence-corrected chi connectivity index (χ3v) is 11.3.